The Balaban J connectivity index is 2.65. The molecule has 0 saturated carbocycles. The molecule has 0 aliphatic heterocycles. The number of ether oxygens (including phenoxy) is 1. The molecule has 0 fully saturated rings. The van der Waals surface area contributed by atoms with Gasteiger partial charge in [0, 0.05) is 19.2 Å². The van der Waals surface area contributed by atoms with Crippen LogP contribution in [0, 0.1) is 0 Å². The lowest BCUT2D eigenvalue weighted by molar-refractivity contribution is 0.0944. The van der Waals surface area contributed by atoms with E-state index in [-0.39, 0.29) is 23.3 Å². The van der Waals surface area contributed by atoms with Gasteiger partial charge in [-0.25, -0.2) is 0 Å². The lowest BCUT2D eigenvalue weighted by Gasteiger charge is -2.12. The molecule has 1 atom stereocenters. The van der Waals surface area contributed by atoms with Crippen LogP contribution < -0.4 is 5.32 Å². The number of methoxy groups -OCH3 is 1. The molecule has 1 rings (SSSR count). The van der Waals surface area contributed by atoms with E-state index in [0.29, 0.717) is 18.7 Å². The van der Waals surface area contributed by atoms with Gasteiger partial charge in [0.2, 0.25) is 0 Å². The maximum atomic E-state index is 11.9. The van der Waals surface area contributed by atoms with Crippen molar-refractivity contribution >= 4 is 5.78 Å². The quantitative estimate of drug-likeness (QED) is 0.390. The van der Waals surface area contributed by atoms with Crippen molar-refractivity contribution in [3.8, 4) is 11.5 Å². The normalized spacial score (nSPS) is 12.4. The van der Waals surface area contributed by atoms with Crippen LogP contribution in [-0.4, -0.2) is 42.3 Å². The van der Waals surface area contributed by atoms with Gasteiger partial charge in [0.1, 0.15) is 0 Å². The van der Waals surface area contributed by atoms with Crippen LogP contribution in [0.2, 0.25) is 0 Å². The average Bonchev–Trinajstić information content (AvgIpc) is 2.32. The number of benzene rings is 1. The monoisotopic (exact) mass is 239 g/mol. The molecule has 1 aromatic carbocycles. The SMILES string of the molecule is COCCNC(C)C(=O)c1ccc(O)c(O)c1. The van der Waals surface area contributed by atoms with Crippen LogP contribution in [0.5, 0.6) is 11.5 Å². The van der Waals surface area contributed by atoms with E-state index in [4.69, 9.17) is 9.84 Å². The molecule has 0 amide bonds. The molecule has 0 spiro atoms. The minimum Gasteiger partial charge on any atom is -0.504 e. The number of hydrogen-bond donors (Lipinski definition) is 3. The molecule has 1 unspecified atom stereocenters. The van der Waals surface area contributed by atoms with Crippen LogP contribution in [0.1, 0.15) is 17.3 Å². The summed E-state index contributed by atoms with van der Waals surface area (Å²) in [6.45, 7) is 2.84. The van der Waals surface area contributed by atoms with Gasteiger partial charge in [0.05, 0.1) is 12.6 Å². The maximum Gasteiger partial charge on any atom is 0.179 e. The fraction of sp³-hybridized carbons (Fsp3) is 0.417. The van der Waals surface area contributed by atoms with E-state index in [1.54, 1.807) is 14.0 Å². The molecular formula is C12H17NO4. The first-order valence-corrected chi connectivity index (χ1v) is 5.34. The number of rotatable bonds is 6. The van der Waals surface area contributed by atoms with E-state index in [1.807, 2.05) is 0 Å². The number of hydrogen-bond acceptors (Lipinski definition) is 5. The summed E-state index contributed by atoms with van der Waals surface area (Å²) < 4.78 is 4.87. The lowest BCUT2D eigenvalue weighted by atomic mass is 10.0. The number of Topliss-reactive ketones (excluding diaryl/α,β-unsaturated/α-hetero) is 1. The van der Waals surface area contributed by atoms with Crippen LogP contribution in [0.25, 0.3) is 0 Å². The summed E-state index contributed by atoms with van der Waals surface area (Å²) in [5, 5.41) is 21.4. The van der Waals surface area contributed by atoms with Gasteiger partial charge in [0.25, 0.3) is 0 Å². The molecule has 1 aromatic rings. The number of carbonyl (C=O) groups excluding carboxylic acids is 1. The Morgan fingerprint density at radius 3 is 2.71 bits per heavy atom. The molecule has 0 aliphatic carbocycles. The van der Waals surface area contributed by atoms with Gasteiger partial charge >= 0.3 is 0 Å². The summed E-state index contributed by atoms with van der Waals surface area (Å²) >= 11 is 0. The first-order chi connectivity index (χ1) is 8.06. The number of phenolic OH excluding ortho intramolecular Hbond substituents is 2. The zero-order chi connectivity index (χ0) is 12.8. The van der Waals surface area contributed by atoms with Gasteiger partial charge in [-0.15, -0.1) is 0 Å². The van der Waals surface area contributed by atoms with Crippen LogP contribution in [0.4, 0.5) is 0 Å². The second-order valence-corrected chi connectivity index (χ2v) is 3.74. The molecule has 0 aliphatic rings. The highest BCUT2D eigenvalue weighted by Gasteiger charge is 2.15. The average molecular weight is 239 g/mol. The van der Waals surface area contributed by atoms with Crippen molar-refractivity contribution in [2.24, 2.45) is 0 Å². The number of nitrogens with one attached hydrogen (secondary N) is 1. The van der Waals surface area contributed by atoms with Crippen molar-refractivity contribution < 1.29 is 19.7 Å². The summed E-state index contributed by atoms with van der Waals surface area (Å²) in [5.41, 5.74) is 0.359. The second-order valence-electron chi connectivity index (χ2n) is 3.74. The van der Waals surface area contributed by atoms with E-state index >= 15 is 0 Å². The Morgan fingerprint density at radius 1 is 1.41 bits per heavy atom. The first kappa shape index (κ1) is 13.5. The fourth-order valence-corrected chi connectivity index (χ4v) is 1.40. The predicted molar refractivity (Wildman–Crippen MR) is 63.4 cm³/mol. The second kappa shape index (κ2) is 6.22. The van der Waals surface area contributed by atoms with E-state index in [0.717, 1.165) is 0 Å². The minimum absolute atomic E-state index is 0.142. The van der Waals surface area contributed by atoms with Gasteiger partial charge in [-0.3, -0.25) is 4.79 Å². The van der Waals surface area contributed by atoms with E-state index in [1.165, 1.54) is 18.2 Å². The lowest BCUT2D eigenvalue weighted by Crippen LogP contribution is -2.36. The Labute approximate surface area is 100 Å². The Morgan fingerprint density at radius 2 is 2.12 bits per heavy atom. The molecule has 0 bridgehead atoms. The summed E-state index contributed by atoms with van der Waals surface area (Å²) in [4.78, 5) is 11.9. The third-order valence-electron chi connectivity index (χ3n) is 2.41. The highest BCUT2D eigenvalue weighted by molar-refractivity contribution is 6.00. The molecule has 5 heteroatoms. The van der Waals surface area contributed by atoms with Crippen molar-refractivity contribution in [2.45, 2.75) is 13.0 Å². The highest BCUT2D eigenvalue weighted by Crippen LogP contribution is 2.25. The standard InChI is InChI=1S/C12H17NO4/c1-8(13-5-6-17-2)12(16)9-3-4-10(14)11(15)7-9/h3-4,7-8,13-15H,5-6H2,1-2H3. The van der Waals surface area contributed by atoms with Gasteiger partial charge in [-0.1, -0.05) is 0 Å². The van der Waals surface area contributed by atoms with Gasteiger partial charge < -0.3 is 20.3 Å². The topological polar surface area (TPSA) is 78.8 Å². The zero-order valence-corrected chi connectivity index (χ0v) is 9.93. The molecule has 5 nitrogen and oxygen atoms in total. The smallest absolute Gasteiger partial charge is 0.179 e. The van der Waals surface area contributed by atoms with Gasteiger partial charge in [0.15, 0.2) is 17.3 Å². The number of aromatic hydroxyl groups is 2. The number of carbonyl (C=O) groups is 1. The molecule has 0 saturated heterocycles. The van der Waals surface area contributed by atoms with Crippen molar-refractivity contribution in [3.05, 3.63) is 23.8 Å². The predicted octanol–water partition coefficient (Wildman–Crippen LogP) is 0.905. The third-order valence-corrected chi connectivity index (χ3v) is 2.41. The van der Waals surface area contributed by atoms with Gasteiger partial charge in [-0.2, -0.15) is 0 Å². The van der Waals surface area contributed by atoms with Gasteiger partial charge in [-0.05, 0) is 25.1 Å². The molecule has 94 valence electrons. The van der Waals surface area contributed by atoms with Crippen LogP contribution >= 0.6 is 0 Å². The molecular weight excluding hydrogens is 222 g/mol. The van der Waals surface area contributed by atoms with Crippen molar-refractivity contribution in [2.75, 3.05) is 20.3 Å². The van der Waals surface area contributed by atoms with E-state index in [9.17, 15) is 9.90 Å². The number of ketones is 1. The van der Waals surface area contributed by atoms with E-state index in [2.05, 4.69) is 5.32 Å². The molecule has 0 radical (unpaired) electrons. The molecule has 17 heavy (non-hydrogen) atoms. The van der Waals surface area contributed by atoms with Crippen LogP contribution in [0.3, 0.4) is 0 Å². The number of phenols is 2. The van der Waals surface area contributed by atoms with Crippen LogP contribution in [-0.2, 0) is 4.74 Å². The highest BCUT2D eigenvalue weighted by atomic mass is 16.5. The fourth-order valence-electron chi connectivity index (χ4n) is 1.40. The van der Waals surface area contributed by atoms with Crippen LogP contribution in [0.15, 0.2) is 18.2 Å². The molecule has 3 N–H and O–H groups in total. The summed E-state index contributed by atoms with van der Waals surface area (Å²) in [6, 6.07) is 3.66. The molecule has 0 aromatic heterocycles. The summed E-state index contributed by atoms with van der Waals surface area (Å²) in [5.74, 6) is -0.669. The Kier molecular flexibility index (Phi) is 4.93. The molecule has 0 heterocycles. The summed E-state index contributed by atoms with van der Waals surface area (Å²) in [7, 11) is 1.59. The summed E-state index contributed by atoms with van der Waals surface area (Å²) in [6.07, 6.45) is 0. The first-order valence-electron chi connectivity index (χ1n) is 5.34. The Hall–Kier alpha value is -1.59. The minimum atomic E-state index is -0.367. The van der Waals surface area contributed by atoms with Crippen molar-refractivity contribution in [1.82, 2.24) is 5.32 Å². The zero-order valence-electron chi connectivity index (χ0n) is 9.93. The van der Waals surface area contributed by atoms with Crippen molar-refractivity contribution in [1.29, 1.82) is 0 Å². The maximum absolute atomic E-state index is 11.9. The van der Waals surface area contributed by atoms with E-state index < -0.39 is 0 Å². The third kappa shape index (κ3) is 3.72. The van der Waals surface area contributed by atoms with Crippen molar-refractivity contribution in [3.63, 3.8) is 0 Å². The largest absolute Gasteiger partial charge is 0.504 e. The Bertz CT molecular complexity index is 392.